The third-order valence-electron chi connectivity index (χ3n) is 7.95. The second kappa shape index (κ2) is 12.6. The zero-order valence-electron chi connectivity index (χ0n) is 23.9. The zero-order chi connectivity index (χ0) is 29.1. The van der Waals surface area contributed by atoms with E-state index >= 15 is 0 Å². The van der Waals surface area contributed by atoms with Crippen LogP contribution in [0.1, 0.15) is 22.3 Å². The number of rotatable bonds is 9. The van der Waals surface area contributed by atoms with E-state index in [9.17, 15) is 0 Å². The van der Waals surface area contributed by atoms with E-state index < -0.39 is 5.79 Å². The highest BCUT2D eigenvalue weighted by atomic mass is 35.5. The molecular weight excluding hydrogens is 573 g/mol. The van der Waals surface area contributed by atoms with Crippen molar-refractivity contribution in [3.63, 3.8) is 0 Å². The van der Waals surface area contributed by atoms with Crippen molar-refractivity contribution in [2.45, 2.75) is 38.8 Å². The first-order chi connectivity index (χ1) is 20.4. The van der Waals surface area contributed by atoms with Crippen LogP contribution in [0.2, 0.25) is 10.0 Å². The number of anilines is 1. The number of piperazine rings is 1. The Morgan fingerprint density at radius 2 is 1.79 bits per heavy atom. The van der Waals surface area contributed by atoms with Gasteiger partial charge in [0.2, 0.25) is 5.79 Å². The number of nitrogens with zero attached hydrogens (tertiary/aromatic N) is 5. The molecule has 10 heteroatoms. The van der Waals surface area contributed by atoms with Crippen molar-refractivity contribution >= 4 is 28.9 Å². The molecule has 0 aliphatic carbocycles. The molecule has 0 N–H and O–H groups in total. The second-order valence-corrected chi connectivity index (χ2v) is 11.9. The lowest BCUT2D eigenvalue weighted by molar-refractivity contribution is -0.190. The van der Waals surface area contributed by atoms with Crippen LogP contribution >= 0.6 is 23.2 Å². The van der Waals surface area contributed by atoms with Crippen molar-refractivity contribution in [2.75, 3.05) is 44.3 Å². The van der Waals surface area contributed by atoms with Gasteiger partial charge in [-0.1, -0.05) is 53.0 Å². The summed E-state index contributed by atoms with van der Waals surface area (Å²) >= 11 is 12.7. The van der Waals surface area contributed by atoms with E-state index in [1.54, 1.807) is 23.1 Å². The van der Waals surface area contributed by atoms with E-state index in [0.29, 0.717) is 28.8 Å². The van der Waals surface area contributed by atoms with Crippen molar-refractivity contribution in [1.29, 1.82) is 0 Å². The van der Waals surface area contributed by atoms with Gasteiger partial charge in [-0.3, -0.25) is 4.90 Å². The zero-order valence-corrected chi connectivity index (χ0v) is 25.4. The minimum atomic E-state index is -1.13. The fraction of sp³-hybridized carbons (Fsp3) is 0.375. The predicted molar refractivity (Wildman–Crippen MR) is 164 cm³/mol. The molecule has 2 aliphatic rings. The minimum Gasteiger partial charge on any atom is -0.491 e. The molecule has 2 aliphatic heterocycles. The Hall–Kier alpha value is -3.14. The predicted octanol–water partition coefficient (Wildman–Crippen LogP) is 5.87. The van der Waals surface area contributed by atoms with E-state index in [1.165, 1.54) is 28.7 Å². The molecule has 6 rings (SSSR count). The maximum absolute atomic E-state index is 6.57. The van der Waals surface area contributed by atoms with Gasteiger partial charge in [-0.05, 0) is 61.4 Å². The average molecular weight is 609 g/mol. The van der Waals surface area contributed by atoms with E-state index in [4.69, 9.17) is 37.4 Å². The molecule has 0 bridgehead atoms. The van der Waals surface area contributed by atoms with Gasteiger partial charge in [-0.25, -0.2) is 9.67 Å². The van der Waals surface area contributed by atoms with Crippen molar-refractivity contribution in [3.8, 4) is 5.75 Å². The standard InChI is InChI=1S/C32H35Cl2N5O3/c1-23-3-4-24(2)25(15-23)17-37-11-13-38(14-12-37)27-6-8-28(9-7-27)40-18-29-19-41-32(42-29,20-39-22-35-21-36-39)30-10-5-26(33)16-31(30)34/h3-10,15-16,21-22,29H,11-14,17-20H2,1-2H3. The summed E-state index contributed by atoms with van der Waals surface area (Å²) in [4.78, 5) is 9.02. The van der Waals surface area contributed by atoms with Gasteiger partial charge in [0, 0.05) is 49.0 Å². The maximum Gasteiger partial charge on any atom is 0.217 e. The summed E-state index contributed by atoms with van der Waals surface area (Å²) in [5.41, 5.74) is 6.00. The van der Waals surface area contributed by atoms with Gasteiger partial charge in [-0.15, -0.1) is 0 Å². The Labute approximate surface area is 256 Å². The summed E-state index contributed by atoms with van der Waals surface area (Å²) in [6.07, 6.45) is 2.79. The van der Waals surface area contributed by atoms with Gasteiger partial charge in [0.25, 0.3) is 0 Å². The van der Waals surface area contributed by atoms with Crippen LogP contribution in [0.15, 0.2) is 73.3 Å². The fourth-order valence-corrected chi connectivity index (χ4v) is 6.15. The van der Waals surface area contributed by atoms with Crippen LogP contribution in [0.5, 0.6) is 5.75 Å². The summed E-state index contributed by atoms with van der Waals surface area (Å²) in [6.45, 7) is 10.4. The Kier molecular flexibility index (Phi) is 8.70. The summed E-state index contributed by atoms with van der Waals surface area (Å²) in [5.74, 6) is -0.345. The second-order valence-electron chi connectivity index (χ2n) is 11.0. The van der Waals surface area contributed by atoms with Crippen molar-refractivity contribution < 1.29 is 14.2 Å². The molecule has 2 saturated heterocycles. The summed E-state index contributed by atoms with van der Waals surface area (Å²) in [5, 5.41) is 5.24. The van der Waals surface area contributed by atoms with E-state index in [1.807, 2.05) is 18.2 Å². The number of ether oxygens (including phenoxy) is 3. The number of benzene rings is 3. The summed E-state index contributed by atoms with van der Waals surface area (Å²) in [6, 6.07) is 20.3. The minimum absolute atomic E-state index is 0.289. The Balaban J connectivity index is 1.03. The van der Waals surface area contributed by atoms with Crippen molar-refractivity contribution in [2.24, 2.45) is 0 Å². The molecule has 4 aromatic rings. The molecule has 0 saturated carbocycles. The largest absolute Gasteiger partial charge is 0.491 e. The van der Waals surface area contributed by atoms with Crippen LogP contribution in [0, 0.1) is 13.8 Å². The first-order valence-corrected chi connectivity index (χ1v) is 15.0. The van der Waals surface area contributed by atoms with Gasteiger partial charge in [0.15, 0.2) is 0 Å². The molecule has 3 aromatic carbocycles. The van der Waals surface area contributed by atoms with Gasteiger partial charge >= 0.3 is 0 Å². The normalized spacial score (nSPS) is 21.1. The van der Waals surface area contributed by atoms with Crippen molar-refractivity contribution in [3.05, 3.63) is 106 Å². The van der Waals surface area contributed by atoms with E-state index in [2.05, 4.69) is 64.1 Å². The number of aryl methyl sites for hydroxylation is 2. The third-order valence-corrected chi connectivity index (χ3v) is 8.49. The van der Waals surface area contributed by atoms with Crippen LogP contribution < -0.4 is 9.64 Å². The first-order valence-electron chi connectivity index (χ1n) is 14.2. The van der Waals surface area contributed by atoms with Gasteiger partial charge < -0.3 is 19.1 Å². The van der Waals surface area contributed by atoms with Gasteiger partial charge in [0.05, 0.1) is 11.6 Å². The summed E-state index contributed by atoms with van der Waals surface area (Å²) < 4.78 is 20.5. The number of halogens is 2. The quantitative estimate of drug-likeness (QED) is 0.236. The molecule has 2 fully saturated rings. The maximum atomic E-state index is 6.57. The number of aromatic nitrogens is 3. The number of hydrogen-bond donors (Lipinski definition) is 0. The molecule has 8 nitrogen and oxygen atoms in total. The molecule has 0 spiro atoms. The lowest BCUT2D eigenvalue weighted by Crippen LogP contribution is -2.46. The van der Waals surface area contributed by atoms with E-state index in [0.717, 1.165) is 38.5 Å². The molecule has 0 radical (unpaired) electrons. The monoisotopic (exact) mass is 607 g/mol. The Morgan fingerprint density at radius 3 is 2.52 bits per heavy atom. The van der Waals surface area contributed by atoms with Crippen molar-refractivity contribution in [1.82, 2.24) is 19.7 Å². The van der Waals surface area contributed by atoms with Crippen LogP contribution in [0.25, 0.3) is 0 Å². The lowest BCUT2D eigenvalue weighted by Gasteiger charge is -2.36. The third kappa shape index (κ3) is 6.58. The molecule has 0 amide bonds. The van der Waals surface area contributed by atoms with Crippen LogP contribution in [-0.2, 0) is 28.4 Å². The number of hydrogen-bond acceptors (Lipinski definition) is 7. The van der Waals surface area contributed by atoms with Crippen LogP contribution in [0.4, 0.5) is 5.69 Å². The highest BCUT2D eigenvalue weighted by molar-refractivity contribution is 6.35. The van der Waals surface area contributed by atoms with Crippen LogP contribution in [0.3, 0.4) is 0 Å². The first kappa shape index (κ1) is 29.0. The molecule has 1 aromatic heterocycles. The summed E-state index contributed by atoms with van der Waals surface area (Å²) in [7, 11) is 0. The lowest BCUT2D eigenvalue weighted by atomic mass is 10.0. The molecule has 2 atom stereocenters. The molecule has 220 valence electrons. The van der Waals surface area contributed by atoms with Gasteiger partial charge in [-0.2, -0.15) is 5.10 Å². The Morgan fingerprint density at radius 1 is 0.976 bits per heavy atom. The SMILES string of the molecule is Cc1ccc(C)c(CN2CCN(c3ccc(OCC4COC(Cn5cncn5)(c5ccc(Cl)cc5Cl)O4)cc3)CC2)c1. The molecule has 42 heavy (non-hydrogen) atoms. The molecular formula is C32H35Cl2N5O3. The molecule has 3 heterocycles. The van der Waals surface area contributed by atoms with E-state index in [-0.39, 0.29) is 12.6 Å². The van der Waals surface area contributed by atoms with Crippen LogP contribution in [-0.4, -0.2) is 65.2 Å². The topological polar surface area (TPSA) is 64.9 Å². The highest BCUT2D eigenvalue weighted by Crippen LogP contribution is 2.40. The Bertz CT molecular complexity index is 1490. The highest BCUT2D eigenvalue weighted by Gasteiger charge is 2.45. The smallest absolute Gasteiger partial charge is 0.217 e. The molecule has 2 unspecified atom stereocenters. The van der Waals surface area contributed by atoms with Gasteiger partial charge in [0.1, 0.15) is 37.7 Å². The average Bonchev–Trinajstić information content (AvgIpc) is 3.65. The fourth-order valence-electron chi connectivity index (χ4n) is 5.60.